The Bertz CT molecular complexity index is 1510. The molecule has 4 aromatic rings. The summed E-state index contributed by atoms with van der Waals surface area (Å²) in [4.78, 5) is 31.0. The van der Waals surface area contributed by atoms with E-state index >= 15 is 0 Å². The maximum Gasteiger partial charge on any atom is 0.416 e. The van der Waals surface area contributed by atoms with Gasteiger partial charge in [-0.25, -0.2) is 18.9 Å². The van der Waals surface area contributed by atoms with E-state index in [0.717, 1.165) is 28.9 Å². The van der Waals surface area contributed by atoms with Gasteiger partial charge in [-0.3, -0.25) is 4.79 Å². The Labute approximate surface area is 219 Å². The number of carbonyl (C=O) groups is 2. The Morgan fingerprint density at radius 3 is 2.38 bits per heavy atom. The van der Waals surface area contributed by atoms with E-state index in [1.54, 1.807) is 30.3 Å². The number of nitrogens with zero attached hydrogens (tertiary/aromatic N) is 5. The molecule has 0 unspecified atom stereocenters. The molecule has 0 aliphatic rings. The van der Waals surface area contributed by atoms with Gasteiger partial charge in [-0.05, 0) is 42.5 Å². The molecule has 198 valence electrons. The lowest BCUT2D eigenvalue weighted by molar-refractivity contribution is -0.137. The van der Waals surface area contributed by atoms with Crippen molar-refractivity contribution in [3.05, 3.63) is 96.1 Å². The van der Waals surface area contributed by atoms with E-state index in [0.29, 0.717) is 11.3 Å². The molecule has 0 N–H and O–H groups in total. The molecule has 0 aliphatic carbocycles. The number of hydrogen-bond donors (Lipinski definition) is 0. The molecule has 0 saturated heterocycles. The van der Waals surface area contributed by atoms with Crippen molar-refractivity contribution in [3.8, 4) is 23.1 Å². The van der Waals surface area contributed by atoms with E-state index in [2.05, 4.69) is 10.1 Å². The van der Waals surface area contributed by atoms with E-state index in [9.17, 15) is 27.2 Å². The normalized spacial score (nSPS) is 11.1. The number of nitriles is 1. The Morgan fingerprint density at radius 1 is 1.00 bits per heavy atom. The van der Waals surface area contributed by atoms with Crippen LogP contribution in [-0.4, -0.2) is 39.8 Å². The first-order valence-electron chi connectivity index (χ1n) is 11.5. The quantitative estimate of drug-likeness (QED) is 0.226. The highest BCUT2D eigenvalue weighted by Crippen LogP contribution is 2.31. The molecule has 8 nitrogen and oxygen atoms in total. The van der Waals surface area contributed by atoms with Crippen molar-refractivity contribution in [2.24, 2.45) is 0 Å². The van der Waals surface area contributed by atoms with Gasteiger partial charge < -0.3 is 9.64 Å². The fraction of sp³-hybridized carbons (Fsp3) is 0.148. The first kappa shape index (κ1) is 27.0. The molecule has 0 atom stereocenters. The summed E-state index contributed by atoms with van der Waals surface area (Å²) in [5.74, 6) is -2.70. The topological polar surface area (TPSA) is 101 Å². The summed E-state index contributed by atoms with van der Waals surface area (Å²) in [5.41, 5.74) is -0.143. The molecule has 1 amide bonds. The number of halogens is 4. The van der Waals surface area contributed by atoms with Gasteiger partial charge in [0.2, 0.25) is 0 Å². The Hall–Kier alpha value is -5.05. The summed E-state index contributed by atoms with van der Waals surface area (Å²) in [6.45, 7) is -0.778. The summed E-state index contributed by atoms with van der Waals surface area (Å²) in [7, 11) is 0. The second-order valence-electron chi connectivity index (χ2n) is 8.09. The number of carbonyl (C=O) groups excluding carboxylic acids is 2. The van der Waals surface area contributed by atoms with Crippen LogP contribution in [0.25, 0.3) is 17.1 Å². The minimum absolute atomic E-state index is 0.00490. The number of hydrogen-bond acceptors (Lipinski definition) is 6. The second kappa shape index (κ2) is 11.6. The molecule has 0 fully saturated rings. The number of rotatable bonds is 8. The molecule has 4 rings (SSSR count). The zero-order chi connectivity index (χ0) is 28.0. The van der Waals surface area contributed by atoms with Crippen molar-refractivity contribution in [2.45, 2.75) is 12.6 Å². The van der Waals surface area contributed by atoms with Crippen LogP contribution < -0.4 is 4.90 Å². The number of amides is 1. The van der Waals surface area contributed by atoms with E-state index in [1.807, 2.05) is 6.07 Å². The molecule has 0 aliphatic heterocycles. The number of esters is 1. The molecular formula is C27H19F4N5O3. The van der Waals surface area contributed by atoms with Crippen molar-refractivity contribution in [3.63, 3.8) is 0 Å². The number of ether oxygens (including phenoxy) is 1. The second-order valence-corrected chi connectivity index (χ2v) is 8.09. The van der Waals surface area contributed by atoms with Crippen LogP contribution >= 0.6 is 0 Å². The van der Waals surface area contributed by atoms with Crippen LogP contribution in [0.1, 0.15) is 22.6 Å². The number of alkyl halides is 3. The van der Waals surface area contributed by atoms with Crippen molar-refractivity contribution >= 4 is 17.6 Å². The molecule has 0 radical (unpaired) electrons. The van der Waals surface area contributed by atoms with Crippen molar-refractivity contribution in [1.29, 1.82) is 5.26 Å². The van der Waals surface area contributed by atoms with Gasteiger partial charge in [0.05, 0.1) is 23.7 Å². The average Bonchev–Trinajstić information content (AvgIpc) is 3.39. The minimum Gasteiger partial charge on any atom is -0.450 e. The molecular weight excluding hydrogens is 518 g/mol. The zero-order valence-electron chi connectivity index (χ0n) is 20.1. The van der Waals surface area contributed by atoms with E-state index in [4.69, 9.17) is 10.00 Å². The van der Waals surface area contributed by atoms with Gasteiger partial charge in [-0.1, -0.05) is 36.4 Å². The van der Waals surface area contributed by atoms with E-state index in [1.165, 1.54) is 29.2 Å². The van der Waals surface area contributed by atoms with Crippen molar-refractivity contribution in [2.75, 3.05) is 18.1 Å². The Morgan fingerprint density at radius 2 is 1.72 bits per heavy atom. The molecule has 1 heterocycles. The maximum absolute atomic E-state index is 13.3. The van der Waals surface area contributed by atoms with Gasteiger partial charge in [-0.15, -0.1) is 5.10 Å². The fourth-order valence-electron chi connectivity index (χ4n) is 3.62. The number of aromatic nitrogens is 3. The third-order valence-corrected chi connectivity index (χ3v) is 5.45. The lowest BCUT2D eigenvalue weighted by Crippen LogP contribution is -2.35. The third-order valence-electron chi connectivity index (χ3n) is 5.45. The van der Waals surface area contributed by atoms with Crippen LogP contribution in [0.3, 0.4) is 0 Å². The highest BCUT2D eigenvalue weighted by molar-refractivity contribution is 5.96. The van der Waals surface area contributed by atoms with Gasteiger partial charge in [0.1, 0.15) is 5.82 Å². The van der Waals surface area contributed by atoms with Crippen LogP contribution in [0.2, 0.25) is 0 Å². The molecule has 0 saturated carbocycles. The zero-order valence-corrected chi connectivity index (χ0v) is 20.1. The first-order chi connectivity index (χ1) is 18.7. The lowest BCUT2D eigenvalue weighted by atomic mass is 10.2. The largest absolute Gasteiger partial charge is 0.450 e. The van der Waals surface area contributed by atoms with Crippen LogP contribution in [0.5, 0.6) is 0 Å². The van der Waals surface area contributed by atoms with Crippen LogP contribution in [0.15, 0.2) is 78.9 Å². The monoisotopic (exact) mass is 537 g/mol. The van der Waals surface area contributed by atoms with E-state index < -0.39 is 41.9 Å². The summed E-state index contributed by atoms with van der Waals surface area (Å²) < 4.78 is 59.4. The summed E-state index contributed by atoms with van der Waals surface area (Å²) in [6.07, 6.45) is -4.63. The van der Waals surface area contributed by atoms with Gasteiger partial charge in [0, 0.05) is 17.8 Å². The van der Waals surface area contributed by atoms with Gasteiger partial charge >= 0.3 is 12.1 Å². The summed E-state index contributed by atoms with van der Waals surface area (Å²) >= 11 is 0. The van der Waals surface area contributed by atoms with Crippen LogP contribution in [0.4, 0.5) is 23.2 Å². The van der Waals surface area contributed by atoms with E-state index in [-0.39, 0.29) is 24.5 Å². The third kappa shape index (κ3) is 6.45. The highest BCUT2D eigenvalue weighted by atomic mass is 19.4. The molecule has 12 heteroatoms. The number of benzene rings is 3. The van der Waals surface area contributed by atoms with Gasteiger partial charge in [0.15, 0.2) is 12.4 Å². The van der Waals surface area contributed by atoms with Crippen LogP contribution in [0, 0.1) is 17.1 Å². The smallest absolute Gasteiger partial charge is 0.416 e. The molecule has 3 aromatic carbocycles. The minimum atomic E-state index is -4.60. The SMILES string of the molecule is N#CCCN(C(=O)COC(=O)c1nc(-c2ccccc2)n(-c2cccc(C(F)(F)F)c2)n1)c1ccc(F)cc1. The van der Waals surface area contributed by atoms with Gasteiger partial charge in [-0.2, -0.15) is 18.4 Å². The van der Waals surface area contributed by atoms with Crippen molar-refractivity contribution < 1.29 is 31.9 Å². The molecule has 39 heavy (non-hydrogen) atoms. The lowest BCUT2D eigenvalue weighted by Gasteiger charge is -2.21. The predicted molar refractivity (Wildman–Crippen MR) is 131 cm³/mol. The molecule has 1 aromatic heterocycles. The molecule has 0 spiro atoms. The summed E-state index contributed by atoms with van der Waals surface area (Å²) in [6, 6.07) is 19.6. The predicted octanol–water partition coefficient (Wildman–Crippen LogP) is 5.20. The average molecular weight is 537 g/mol. The maximum atomic E-state index is 13.3. The number of anilines is 1. The Balaban J connectivity index is 1.60. The summed E-state index contributed by atoms with van der Waals surface area (Å²) in [5, 5.41) is 13.0. The first-order valence-corrected chi connectivity index (χ1v) is 11.5. The van der Waals surface area contributed by atoms with Crippen LogP contribution in [-0.2, 0) is 15.7 Å². The fourth-order valence-corrected chi connectivity index (χ4v) is 3.62. The molecule has 0 bridgehead atoms. The standard InChI is InChI=1S/C27H19F4N5O3/c28-20-10-12-21(13-11-20)35(15-5-14-32)23(37)17-39-26(38)24-33-25(18-6-2-1-3-7-18)36(34-24)22-9-4-8-19(16-22)27(29,30)31/h1-4,6-13,16H,5,15,17H2. The Kier molecular flexibility index (Phi) is 8.00. The van der Waals surface area contributed by atoms with Crippen molar-refractivity contribution in [1.82, 2.24) is 14.8 Å². The van der Waals surface area contributed by atoms with Gasteiger partial charge in [0.25, 0.3) is 11.7 Å². The highest BCUT2D eigenvalue weighted by Gasteiger charge is 2.31.